The SMILES string of the molecule is C#C[C@]1(O)[C@H](n2cnc3c(OCC)nc(N)nc32)O[C@](F)(CO[P+](=O)Oc2ccccc2)[C@H]1O. The molecule has 0 saturated carbocycles. The van der Waals surface area contributed by atoms with Gasteiger partial charge in [-0.3, -0.25) is 4.57 Å². The van der Waals surface area contributed by atoms with Gasteiger partial charge >= 0.3 is 8.25 Å². The van der Waals surface area contributed by atoms with Crippen molar-refractivity contribution in [1.82, 2.24) is 19.5 Å². The van der Waals surface area contributed by atoms with Crippen molar-refractivity contribution in [3.8, 4) is 24.0 Å². The second-order valence-electron chi connectivity index (χ2n) is 7.17. The number of nitrogens with zero attached hydrogens (tertiary/aromatic N) is 4. The van der Waals surface area contributed by atoms with E-state index in [9.17, 15) is 14.8 Å². The number of terminal acetylenes is 1. The Kier molecular flexibility index (Phi) is 6.35. The fourth-order valence-corrected chi connectivity index (χ4v) is 4.01. The normalized spacial score (nSPS) is 26.9. The van der Waals surface area contributed by atoms with Crippen LogP contribution in [0.3, 0.4) is 0 Å². The van der Waals surface area contributed by atoms with Gasteiger partial charge in [0.15, 0.2) is 35.9 Å². The number of halogens is 1. The first kappa shape index (κ1) is 23.7. The number of ether oxygens (including phenoxy) is 2. The van der Waals surface area contributed by atoms with E-state index in [0.717, 1.165) is 10.9 Å². The van der Waals surface area contributed by atoms with Gasteiger partial charge in [0.1, 0.15) is 0 Å². The number of hydrogen-bond acceptors (Lipinski definition) is 11. The van der Waals surface area contributed by atoms with Crippen LogP contribution in [0.5, 0.6) is 11.6 Å². The van der Waals surface area contributed by atoms with Gasteiger partial charge in [0.05, 0.1) is 12.9 Å². The summed E-state index contributed by atoms with van der Waals surface area (Å²) >= 11 is 0. The van der Waals surface area contributed by atoms with Crippen molar-refractivity contribution in [2.45, 2.75) is 30.7 Å². The van der Waals surface area contributed by atoms with Gasteiger partial charge in [0.2, 0.25) is 17.4 Å². The molecule has 4 N–H and O–H groups in total. The summed E-state index contributed by atoms with van der Waals surface area (Å²) in [5.41, 5.74) is 3.28. The highest BCUT2D eigenvalue weighted by Crippen LogP contribution is 2.47. The number of rotatable bonds is 8. The van der Waals surface area contributed by atoms with E-state index in [2.05, 4.69) is 15.0 Å². The molecule has 0 radical (unpaired) electrons. The first-order valence-electron chi connectivity index (χ1n) is 9.92. The number of imidazole rings is 1. The van der Waals surface area contributed by atoms with E-state index in [4.69, 9.17) is 30.7 Å². The number of nitrogen functional groups attached to an aromatic ring is 1. The molecular formula is C20H20FN5O7P+. The number of nitrogens with two attached hydrogens (primary N) is 1. The molecule has 1 fully saturated rings. The molecule has 14 heteroatoms. The van der Waals surface area contributed by atoms with Gasteiger partial charge in [-0.25, -0.2) is 13.9 Å². The highest BCUT2D eigenvalue weighted by molar-refractivity contribution is 7.33. The van der Waals surface area contributed by atoms with E-state index in [-0.39, 0.29) is 35.3 Å². The predicted molar refractivity (Wildman–Crippen MR) is 115 cm³/mol. The van der Waals surface area contributed by atoms with Crippen molar-refractivity contribution >= 4 is 25.4 Å². The molecule has 34 heavy (non-hydrogen) atoms. The minimum atomic E-state index is -3.07. The van der Waals surface area contributed by atoms with E-state index in [0.29, 0.717) is 0 Å². The molecule has 0 bridgehead atoms. The lowest BCUT2D eigenvalue weighted by atomic mass is 9.94. The highest BCUT2D eigenvalue weighted by atomic mass is 31.1. The van der Waals surface area contributed by atoms with Crippen LogP contribution in [0, 0.1) is 12.3 Å². The highest BCUT2D eigenvalue weighted by Gasteiger charge is 2.66. The minimum Gasteiger partial charge on any atom is -0.476 e. The molecule has 3 heterocycles. The molecule has 178 valence electrons. The van der Waals surface area contributed by atoms with Gasteiger partial charge in [-0.1, -0.05) is 24.1 Å². The third kappa shape index (κ3) is 4.13. The topological polar surface area (TPSA) is 164 Å². The van der Waals surface area contributed by atoms with Crippen LogP contribution in [0.25, 0.3) is 11.2 Å². The van der Waals surface area contributed by atoms with Gasteiger partial charge < -0.3 is 25.4 Å². The maximum absolute atomic E-state index is 15.7. The molecule has 1 aromatic carbocycles. The van der Waals surface area contributed by atoms with Crippen LogP contribution in [0.1, 0.15) is 13.2 Å². The molecule has 1 saturated heterocycles. The zero-order valence-corrected chi connectivity index (χ0v) is 18.6. The third-order valence-electron chi connectivity index (χ3n) is 4.97. The summed E-state index contributed by atoms with van der Waals surface area (Å²) in [5, 5.41) is 21.6. The van der Waals surface area contributed by atoms with Gasteiger partial charge in [0.25, 0.3) is 5.85 Å². The van der Waals surface area contributed by atoms with E-state index in [1.807, 2.05) is 5.92 Å². The number of aliphatic hydroxyl groups excluding tert-OH is 1. The summed E-state index contributed by atoms with van der Waals surface area (Å²) in [6.07, 6.45) is 2.56. The smallest absolute Gasteiger partial charge is 0.476 e. The summed E-state index contributed by atoms with van der Waals surface area (Å²) in [6.45, 7) is 0.891. The standard InChI is InChI=1S/C20H20FN5O7P/c1-3-19(28)16(27)20(21,10-31-34(29)33-12-8-6-5-7-9-12)32-17(19)26-11-23-13-14(26)24-18(22)25-15(13)30-4-2/h1,5-9,11,16-17,27-28H,4,10H2,2H3,(H2,22,24,25)/q+1/t16-,17+,19+,20+/m0/s1. The number of benzene rings is 1. The molecule has 2 aromatic heterocycles. The second-order valence-corrected chi connectivity index (χ2v) is 8.06. The molecule has 5 atom stereocenters. The average Bonchev–Trinajstić information content (AvgIpc) is 3.32. The fourth-order valence-electron chi connectivity index (χ4n) is 3.39. The van der Waals surface area contributed by atoms with Crippen molar-refractivity contribution < 1.29 is 37.7 Å². The first-order valence-corrected chi connectivity index (χ1v) is 11.0. The number of aromatic nitrogens is 4. The molecule has 1 unspecified atom stereocenters. The van der Waals surface area contributed by atoms with E-state index in [1.165, 1.54) is 12.1 Å². The van der Waals surface area contributed by atoms with Crippen molar-refractivity contribution in [3.63, 3.8) is 0 Å². The zero-order valence-electron chi connectivity index (χ0n) is 17.7. The number of aliphatic hydroxyl groups is 2. The van der Waals surface area contributed by atoms with E-state index < -0.39 is 38.6 Å². The number of hydrogen-bond donors (Lipinski definition) is 3. The van der Waals surface area contributed by atoms with Crippen LogP contribution < -0.4 is 15.0 Å². The van der Waals surface area contributed by atoms with Crippen molar-refractivity contribution in [2.75, 3.05) is 18.9 Å². The first-order chi connectivity index (χ1) is 16.2. The molecule has 0 aliphatic carbocycles. The number of fused-ring (bicyclic) bond motifs is 1. The van der Waals surface area contributed by atoms with Gasteiger partial charge in [-0.05, 0) is 19.1 Å². The Hall–Kier alpha value is -3.40. The van der Waals surface area contributed by atoms with Crippen LogP contribution in [0.2, 0.25) is 0 Å². The zero-order chi connectivity index (χ0) is 24.5. The van der Waals surface area contributed by atoms with E-state index >= 15 is 4.39 Å². The molecule has 12 nitrogen and oxygen atoms in total. The quantitative estimate of drug-likeness (QED) is 0.308. The summed E-state index contributed by atoms with van der Waals surface area (Å²) in [5.74, 6) is -1.04. The van der Waals surface area contributed by atoms with Crippen LogP contribution in [0.15, 0.2) is 36.7 Å². The second kappa shape index (κ2) is 9.09. The monoisotopic (exact) mass is 492 g/mol. The summed E-state index contributed by atoms with van der Waals surface area (Å²) in [6, 6.07) is 8.03. The van der Waals surface area contributed by atoms with Gasteiger partial charge in [0, 0.05) is 4.57 Å². The Balaban J connectivity index is 1.61. The lowest BCUT2D eigenvalue weighted by Crippen LogP contribution is -2.50. The summed E-state index contributed by atoms with van der Waals surface area (Å²) in [4.78, 5) is 12.1. The van der Waals surface area contributed by atoms with Gasteiger partial charge in [-0.2, -0.15) is 9.97 Å². The van der Waals surface area contributed by atoms with Crippen LogP contribution in [-0.2, 0) is 13.8 Å². The Morgan fingerprint density at radius 2 is 2.12 bits per heavy atom. The largest absolute Gasteiger partial charge is 0.750 e. The van der Waals surface area contributed by atoms with Crippen molar-refractivity contribution in [2.24, 2.45) is 0 Å². The molecule has 0 spiro atoms. The van der Waals surface area contributed by atoms with Crippen molar-refractivity contribution in [3.05, 3.63) is 36.7 Å². The molecule has 1 aliphatic heterocycles. The third-order valence-corrected chi connectivity index (χ3v) is 5.67. The lowest BCUT2D eigenvalue weighted by Gasteiger charge is -2.26. The molecule has 1 aliphatic rings. The Labute approximate surface area is 193 Å². The maximum atomic E-state index is 15.7. The van der Waals surface area contributed by atoms with Crippen LogP contribution >= 0.6 is 8.25 Å². The Morgan fingerprint density at radius 1 is 1.38 bits per heavy atom. The van der Waals surface area contributed by atoms with E-state index in [1.54, 1.807) is 25.1 Å². The molecule has 3 aromatic rings. The lowest BCUT2D eigenvalue weighted by molar-refractivity contribution is -0.202. The predicted octanol–water partition coefficient (Wildman–Crippen LogP) is 1.48. The number of anilines is 1. The number of alkyl halides is 1. The van der Waals surface area contributed by atoms with Crippen LogP contribution in [0.4, 0.5) is 10.3 Å². The van der Waals surface area contributed by atoms with Gasteiger partial charge in [-0.15, -0.1) is 10.9 Å². The molecule has 0 amide bonds. The van der Waals surface area contributed by atoms with Crippen LogP contribution in [-0.4, -0.2) is 60.5 Å². The summed E-state index contributed by atoms with van der Waals surface area (Å²) in [7, 11) is -2.85. The Morgan fingerprint density at radius 3 is 2.79 bits per heavy atom. The average molecular weight is 492 g/mol. The fraction of sp³-hybridized carbons (Fsp3) is 0.350. The molecular weight excluding hydrogens is 472 g/mol. The number of para-hydroxylation sites is 1. The van der Waals surface area contributed by atoms with Crippen molar-refractivity contribution in [1.29, 1.82) is 0 Å². The minimum absolute atomic E-state index is 0.00507. The summed E-state index contributed by atoms with van der Waals surface area (Å²) < 4.78 is 49.5. The molecule has 4 rings (SSSR count). The maximum Gasteiger partial charge on any atom is 0.750 e. The Bertz CT molecular complexity index is 1260.